The van der Waals surface area contributed by atoms with Gasteiger partial charge in [-0.25, -0.2) is 0 Å². The van der Waals surface area contributed by atoms with Crippen molar-refractivity contribution in [3.63, 3.8) is 0 Å². The van der Waals surface area contributed by atoms with Crippen molar-refractivity contribution in [2.45, 2.75) is 25.5 Å². The molecule has 0 aliphatic carbocycles. The molecule has 0 amide bonds. The van der Waals surface area contributed by atoms with E-state index < -0.39 is 0 Å². The maximum absolute atomic E-state index is 11.5. The molecule has 1 aliphatic rings. The van der Waals surface area contributed by atoms with E-state index >= 15 is 0 Å². The average Bonchev–Trinajstić information content (AvgIpc) is 2.64. The Kier molecular flexibility index (Phi) is 3.22. The first-order valence-corrected chi connectivity index (χ1v) is 5.81. The Morgan fingerprint density at radius 1 is 1.57 bits per heavy atom. The highest BCUT2D eigenvalue weighted by molar-refractivity contribution is 14.1. The van der Waals surface area contributed by atoms with Gasteiger partial charge >= 0.3 is 0 Å². The second-order valence-electron chi connectivity index (χ2n) is 3.47. The van der Waals surface area contributed by atoms with Crippen molar-refractivity contribution in [1.29, 1.82) is 0 Å². The largest absolute Gasteiger partial charge is 0.376 e. The number of pyridine rings is 1. The fourth-order valence-corrected chi connectivity index (χ4v) is 2.17. The third kappa shape index (κ3) is 2.36. The molecule has 1 atom stereocenters. The van der Waals surface area contributed by atoms with Crippen LogP contribution in [0.25, 0.3) is 0 Å². The molecule has 0 saturated carbocycles. The highest BCUT2D eigenvalue weighted by atomic mass is 127. The molecule has 0 aromatic carbocycles. The van der Waals surface area contributed by atoms with Crippen molar-refractivity contribution in [2.75, 3.05) is 6.61 Å². The Bertz CT molecular complexity index is 369. The SMILES string of the molecule is O=c1ccc(I)cn1CC1CCCO1. The van der Waals surface area contributed by atoms with Gasteiger partial charge in [-0.05, 0) is 41.5 Å². The summed E-state index contributed by atoms with van der Waals surface area (Å²) < 4.78 is 8.31. The Morgan fingerprint density at radius 2 is 2.43 bits per heavy atom. The van der Waals surface area contributed by atoms with Crippen molar-refractivity contribution < 1.29 is 4.74 Å². The Labute approximate surface area is 96.2 Å². The minimum atomic E-state index is 0.0564. The summed E-state index contributed by atoms with van der Waals surface area (Å²) in [6.45, 7) is 1.53. The van der Waals surface area contributed by atoms with Crippen LogP contribution < -0.4 is 5.56 Å². The molecule has 1 aromatic heterocycles. The van der Waals surface area contributed by atoms with Crippen molar-refractivity contribution in [2.24, 2.45) is 0 Å². The molecule has 1 aromatic rings. The second kappa shape index (κ2) is 4.44. The van der Waals surface area contributed by atoms with E-state index in [1.54, 1.807) is 10.6 Å². The summed E-state index contributed by atoms with van der Waals surface area (Å²) in [5, 5.41) is 0. The summed E-state index contributed by atoms with van der Waals surface area (Å²) in [7, 11) is 0. The topological polar surface area (TPSA) is 31.2 Å². The lowest BCUT2D eigenvalue weighted by Crippen LogP contribution is -2.25. The smallest absolute Gasteiger partial charge is 0.250 e. The first kappa shape index (κ1) is 10.2. The lowest BCUT2D eigenvalue weighted by atomic mass is 10.2. The van der Waals surface area contributed by atoms with Gasteiger partial charge < -0.3 is 9.30 Å². The van der Waals surface area contributed by atoms with Crippen LogP contribution in [-0.4, -0.2) is 17.3 Å². The van der Waals surface area contributed by atoms with E-state index in [-0.39, 0.29) is 11.7 Å². The first-order valence-electron chi connectivity index (χ1n) is 4.73. The molecule has 0 spiro atoms. The number of hydrogen-bond acceptors (Lipinski definition) is 2. The van der Waals surface area contributed by atoms with Gasteiger partial charge in [0.1, 0.15) is 0 Å². The number of hydrogen-bond donors (Lipinski definition) is 0. The fourth-order valence-electron chi connectivity index (χ4n) is 1.65. The van der Waals surface area contributed by atoms with Gasteiger partial charge in [0.2, 0.25) is 0 Å². The van der Waals surface area contributed by atoms with E-state index in [4.69, 9.17) is 4.74 Å². The third-order valence-electron chi connectivity index (χ3n) is 2.37. The van der Waals surface area contributed by atoms with Crippen molar-refractivity contribution >= 4 is 22.6 Å². The third-order valence-corrected chi connectivity index (χ3v) is 3.01. The van der Waals surface area contributed by atoms with Gasteiger partial charge in [0.25, 0.3) is 5.56 Å². The predicted molar refractivity (Wildman–Crippen MR) is 62.4 cm³/mol. The molecular weight excluding hydrogens is 293 g/mol. The molecule has 76 valence electrons. The van der Waals surface area contributed by atoms with Gasteiger partial charge in [-0.15, -0.1) is 0 Å². The van der Waals surface area contributed by atoms with Gasteiger partial charge in [-0.1, -0.05) is 0 Å². The van der Waals surface area contributed by atoms with E-state index in [2.05, 4.69) is 22.6 Å². The van der Waals surface area contributed by atoms with Crippen LogP contribution in [0.5, 0.6) is 0 Å². The molecule has 1 saturated heterocycles. The number of ether oxygens (including phenoxy) is 1. The monoisotopic (exact) mass is 305 g/mol. The van der Waals surface area contributed by atoms with E-state index in [0.29, 0.717) is 6.54 Å². The molecule has 0 bridgehead atoms. The maximum atomic E-state index is 11.5. The summed E-state index contributed by atoms with van der Waals surface area (Å²) in [5.74, 6) is 0. The van der Waals surface area contributed by atoms with E-state index in [1.807, 2.05) is 12.3 Å². The van der Waals surface area contributed by atoms with Gasteiger partial charge in [0.05, 0.1) is 12.6 Å². The zero-order chi connectivity index (χ0) is 9.97. The highest BCUT2D eigenvalue weighted by Gasteiger charge is 2.16. The van der Waals surface area contributed by atoms with E-state index in [0.717, 1.165) is 23.0 Å². The lowest BCUT2D eigenvalue weighted by Gasteiger charge is -2.11. The van der Waals surface area contributed by atoms with Crippen LogP contribution in [0.4, 0.5) is 0 Å². The summed E-state index contributed by atoms with van der Waals surface area (Å²) in [6.07, 6.45) is 4.29. The first-order chi connectivity index (χ1) is 6.75. The average molecular weight is 305 g/mol. The molecule has 1 aliphatic heterocycles. The number of rotatable bonds is 2. The summed E-state index contributed by atoms with van der Waals surface area (Å²) in [5.41, 5.74) is 0.0564. The van der Waals surface area contributed by atoms with Crippen LogP contribution in [0.3, 0.4) is 0 Å². The molecule has 2 rings (SSSR count). The Morgan fingerprint density at radius 3 is 3.14 bits per heavy atom. The normalized spacial score (nSPS) is 21.4. The van der Waals surface area contributed by atoms with Crippen molar-refractivity contribution in [3.05, 3.63) is 32.3 Å². The maximum Gasteiger partial charge on any atom is 0.250 e. The standard InChI is InChI=1S/C10H12INO2/c11-8-3-4-10(13)12(6-8)7-9-2-1-5-14-9/h3-4,6,9H,1-2,5,7H2. The minimum Gasteiger partial charge on any atom is -0.376 e. The summed E-state index contributed by atoms with van der Waals surface area (Å²) in [6, 6.07) is 3.44. The summed E-state index contributed by atoms with van der Waals surface area (Å²) in [4.78, 5) is 11.5. The van der Waals surface area contributed by atoms with Gasteiger partial charge in [-0.3, -0.25) is 4.79 Å². The van der Waals surface area contributed by atoms with Gasteiger partial charge in [-0.2, -0.15) is 0 Å². The molecule has 1 unspecified atom stereocenters. The molecule has 2 heterocycles. The Balaban J connectivity index is 2.15. The zero-order valence-electron chi connectivity index (χ0n) is 7.78. The van der Waals surface area contributed by atoms with Crippen molar-refractivity contribution in [3.8, 4) is 0 Å². The van der Waals surface area contributed by atoms with Crippen LogP contribution in [0, 0.1) is 3.57 Å². The molecule has 1 fully saturated rings. The van der Waals surface area contributed by atoms with E-state index in [1.165, 1.54) is 0 Å². The minimum absolute atomic E-state index is 0.0564. The molecule has 4 heteroatoms. The number of halogens is 1. The lowest BCUT2D eigenvalue weighted by molar-refractivity contribution is 0.0961. The quantitative estimate of drug-likeness (QED) is 0.778. The highest BCUT2D eigenvalue weighted by Crippen LogP contribution is 2.13. The van der Waals surface area contributed by atoms with Crippen LogP contribution >= 0.6 is 22.6 Å². The Hall–Kier alpha value is -0.360. The molecule has 3 nitrogen and oxygen atoms in total. The molecular formula is C10H12INO2. The molecule has 0 N–H and O–H groups in total. The number of nitrogens with zero attached hydrogens (tertiary/aromatic N) is 1. The summed E-state index contributed by atoms with van der Waals surface area (Å²) >= 11 is 2.21. The van der Waals surface area contributed by atoms with Gasteiger partial charge in [0, 0.05) is 22.4 Å². The zero-order valence-corrected chi connectivity index (χ0v) is 9.94. The van der Waals surface area contributed by atoms with Crippen LogP contribution in [0.1, 0.15) is 12.8 Å². The van der Waals surface area contributed by atoms with Crippen molar-refractivity contribution in [1.82, 2.24) is 4.57 Å². The van der Waals surface area contributed by atoms with Crippen LogP contribution in [0.2, 0.25) is 0 Å². The number of aromatic nitrogens is 1. The van der Waals surface area contributed by atoms with Crippen LogP contribution in [-0.2, 0) is 11.3 Å². The van der Waals surface area contributed by atoms with Crippen LogP contribution in [0.15, 0.2) is 23.1 Å². The fraction of sp³-hybridized carbons (Fsp3) is 0.500. The molecule has 14 heavy (non-hydrogen) atoms. The van der Waals surface area contributed by atoms with Gasteiger partial charge in [0.15, 0.2) is 0 Å². The molecule has 0 radical (unpaired) electrons. The predicted octanol–water partition coefficient (Wildman–Crippen LogP) is 1.63. The van der Waals surface area contributed by atoms with E-state index in [9.17, 15) is 4.79 Å². The second-order valence-corrected chi connectivity index (χ2v) is 4.72.